The zero-order valence-electron chi connectivity index (χ0n) is 24.1. The van der Waals surface area contributed by atoms with Crippen LogP contribution in [-0.4, -0.2) is 14.7 Å². The van der Waals surface area contributed by atoms with Crippen LogP contribution in [0.5, 0.6) is 5.75 Å². The molecule has 0 spiro atoms. The lowest BCUT2D eigenvalue weighted by molar-refractivity contribution is 0.354. The molecule has 4 aromatic carbocycles. The molecular formula is C36H38ClOPSi. The summed E-state index contributed by atoms with van der Waals surface area (Å²) in [5.74, 6) is 0.987. The van der Waals surface area contributed by atoms with E-state index in [4.69, 9.17) is 16.3 Å². The molecule has 0 heterocycles. The van der Waals surface area contributed by atoms with E-state index in [1.165, 1.54) is 32.2 Å². The summed E-state index contributed by atoms with van der Waals surface area (Å²) in [6, 6.07) is 35.3. The van der Waals surface area contributed by atoms with Crippen LogP contribution in [0.2, 0.25) is 18.1 Å². The van der Waals surface area contributed by atoms with Crippen LogP contribution in [0, 0.1) is 0 Å². The Kier molecular flexibility index (Phi) is 8.25. The Bertz CT molecular complexity index is 1500. The van der Waals surface area contributed by atoms with Crippen molar-refractivity contribution in [1.29, 1.82) is 0 Å². The molecule has 40 heavy (non-hydrogen) atoms. The second-order valence-electron chi connectivity index (χ2n) is 12.0. The molecule has 4 heteroatoms. The van der Waals surface area contributed by atoms with Crippen molar-refractivity contribution in [2.45, 2.75) is 44.8 Å². The molecule has 204 valence electrons. The summed E-state index contributed by atoms with van der Waals surface area (Å²) in [4.78, 5) is 0. The lowest BCUT2D eigenvalue weighted by Gasteiger charge is -2.34. The van der Waals surface area contributed by atoms with Crippen molar-refractivity contribution in [1.82, 2.24) is 0 Å². The van der Waals surface area contributed by atoms with Gasteiger partial charge in [0.2, 0.25) is 0 Å². The number of hydrogen-bond acceptors (Lipinski definition) is 1. The molecule has 0 radical (unpaired) electrons. The van der Waals surface area contributed by atoms with Gasteiger partial charge in [-0.15, -0.1) is 0 Å². The molecule has 0 fully saturated rings. The summed E-state index contributed by atoms with van der Waals surface area (Å²) in [6.45, 7) is 16.0. The van der Waals surface area contributed by atoms with E-state index in [1.807, 2.05) is 6.08 Å². The number of fused-ring (bicyclic) bond motifs is 1. The molecule has 1 aliphatic rings. The smallest absolute Gasteiger partial charge is 0.122 e. The topological polar surface area (TPSA) is 9.23 Å². The lowest BCUT2D eigenvalue weighted by atomic mass is 9.86. The van der Waals surface area contributed by atoms with Gasteiger partial charge in [0.15, 0.2) is 0 Å². The van der Waals surface area contributed by atoms with Gasteiger partial charge in [0.05, 0.1) is 8.07 Å². The van der Waals surface area contributed by atoms with Crippen LogP contribution in [0.15, 0.2) is 116 Å². The fourth-order valence-electron chi connectivity index (χ4n) is 5.81. The van der Waals surface area contributed by atoms with Gasteiger partial charge in [-0.05, 0) is 57.7 Å². The first-order valence-electron chi connectivity index (χ1n) is 13.9. The molecule has 0 aromatic heterocycles. The third kappa shape index (κ3) is 5.50. The fourth-order valence-corrected chi connectivity index (χ4v) is 12.1. The maximum Gasteiger partial charge on any atom is 0.122 e. The quantitative estimate of drug-likeness (QED) is 0.115. The highest BCUT2D eigenvalue weighted by Gasteiger charge is 2.43. The van der Waals surface area contributed by atoms with Gasteiger partial charge in [0.25, 0.3) is 0 Å². The molecule has 0 N–H and O–H groups in total. The van der Waals surface area contributed by atoms with E-state index in [0.717, 1.165) is 16.3 Å². The van der Waals surface area contributed by atoms with E-state index < -0.39 is 16.0 Å². The minimum atomic E-state index is -2.23. The molecule has 0 saturated heterocycles. The van der Waals surface area contributed by atoms with Crippen molar-refractivity contribution in [3.8, 4) is 5.75 Å². The third-order valence-electron chi connectivity index (χ3n) is 7.84. The number of hydrogen-bond donors (Lipinski definition) is 0. The van der Waals surface area contributed by atoms with Gasteiger partial charge in [-0.2, -0.15) is 0 Å². The maximum atomic E-state index is 6.85. The Balaban J connectivity index is 1.72. The molecular weight excluding hydrogens is 543 g/mol. The third-order valence-corrected chi connectivity index (χ3v) is 14.4. The molecule has 5 rings (SSSR count). The van der Waals surface area contributed by atoms with Crippen LogP contribution in [0.4, 0.5) is 0 Å². The minimum absolute atomic E-state index is 0.107. The molecule has 0 saturated carbocycles. The Labute approximate surface area is 247 Å². The number of rotatable bonds is 8. The Morgan fingerprint density at radius 2 is 1.45 bits per heavy atom. The average Bonchev–Trinajstić information content (AvgIpc) is 3.33. The first kappa shape index (κ1) is 28.6. The van der Waals surface area contributed by atoms with Crippen molar-refractivity contribution < 1.29 is 4.74 Å². The first-order chi connectivity index (χ1) is 19.1. The van der Waals surface area contributed by atoms with Gasteiger partial charge in [0.1, 0.15) is 12.4 Å². The Hall–Kier alpha value is -2.90. The highest BCUT2D eigenvalue weighted by Crippen LogP contribution is 2.56. The number of ether oxygens (including phenoxy) is 1. The lowest BCUT2D eigenvalue weighted by Crippen LogP contribution is -2.48. The molecule has 1 nitrogen and oxygen atoms in total. The number of benzene rings is 4. The van der Waals surface area contributed by atoms with E-state index in [9.17, 15) is 0 Å². The molecule has 1 unspecified atom stereocenters. The van der Waals surface area contributed by atoms with Gasteiger partial charge in [-0.1, -0.05) is 149 Å². The van der Waals surface area contributed by atoms with Crippen LogP contribution in [0.3, 0.4) is 0 Å². The van der Waals surface area contributed by atoms with Crippen molar-refractivity contribution >= 4 is 48.7 Å². The molecule has 4 aromatic rings. The van der Waals surface area contributed by atoms with Crippen molar-refractivity contribution in [2.24, 2.45) is 0 Å². The molecule has 0 bridgehead atoms. The Morgan fingerprint density at radius 3 is 2.02 bits per heavy atom. The fraction of sp³-hybridized carbons (Fsp3) is 0.222. The summed E-state index contributed by atoms with van der Waals surface area (Å²) in [6.07, 6.45) is 4.42. The average molecular weight is 581 g/mol. The SMILES string of the molecule is C=CCOc1c(C(C)(C)C)cc(Cl)cc1[Si](C)(C)C1C=C(P(c2ccccc2)c2ccccc2)c2ccccc21. The van der Waals surface area contributed by atoms with Gasteiger partial charge < -0.3 is 4.74 Å². The van der Waals surface area contributed by atoms with E-state index in [1.54, 1.807) is 0 Å². The van der Waals surface area contributed by atoms with Crippen LogP contribution in [0.25, 0.3) is 5.31 Å². The largest absolute Gasteiger partial charge is 0.489 e. The highest BCUT2D eigenvalue weighted by atomic mass is 35.5. The molecule has 0 amide bonds. The maximum absolute atomic E-state index is 6.85. The predicted molar refractivity (Wildman–Crippen MR) is 179 cm³/mol. The monoisotopic (exact) mass is 580 g/mol. The van der Waals surface area contributed by atoms with E-state index in [0.29, 0.717) is 6.61 Å². The zero-order valence-corrected chi connectivity index (χ0v) is 26.8. The van der Waals surface area contributed by atoms with E-state index >= 15 is 0 Å². The highest BCUT2D eigenvalue weighted by molar-refractivity contribution is 7.82. The second-order valence-corrected chi connectivity index (χ2v) is 19.3. The summed E-state index contributed by atoms with van der Waals surface area (Å²) >= 11 is 6.85. The van der Waals surface area contributed by atoms with Gasteiger partial charge in [-0.3, -0.25) is 0 Å². The summed E-state index contributed by atoms with van der Waals surface area (Å²) in [5.41, 5.74) is 4.13. The van der Waals surface area contributed by atoms with E-state index in [2.05, 4.69) is 144 Å². The van der Waals surface area contributed by atoms with E-state index in [-0.39, 0.29) is 11.0 Å². The Morgan fingerprint density at radius 1 is 0.875 bits per heavy atom. The molecule has 0 aliphatic heterocycles. The summed E-state index contributed by atoms with van der Waals surface area (Å²) in [5, 5.41) is 6.24. The standard InChI is InChI=1S/C36H38ClOPSi/c1-7-22-38-35-31(36(2,3)4)23-26(37)24-34(35)40(5,6)33-25-32(29-20-14-15-21-30(29)33)39(27-16-10-8-11-17-27)28-18-12-9-13-19-28/h7-21,23-25,33H,1,22H2,2-6H3. The van der Waals surface area contributed by atoms with Crippen LogP contribution < -0.4 is 20.5 Å². The summed E-state index contributed by atoms with van der Waals surface area (Å²) < 4.78 is 6.49. The minimum Gasteiger partial charge on any atom is -0.489 e. The van der Waals surface area contributed by atoms with Crippen molar-refractivity contribution in [2.75, 3.05) is 6.61 Å². The van der Waals surface area contributed by atoms with Crippen LogP contribution >= 0.6 is 19.5 Å². The van der Waals surface area contributed by atoms with Crippen molar-refractivity contribution in [3.63, 3.8) is 0 Å². The normalized spacial score (nSPS) is 15.1. The number of halogens is 1. The van der Waals surface area contributed by atoms with Gasteiger partial charge >= 0.3 is 0 Å². The predicted octanol–water partition coefficient (Wildman–Crippen LogP) is 8.93. The molecule has 1 aliphatic carbocycles. The molecule has 1 atom stereocenters. The van der Waals surface area contributed by atoms with Crippen LogP contribution in [-0.2, 0) is 5.41 Å². The second kappa shape index (κ2) is 11.5. The van der Waals surface area contributed by atoms with Crippen molar-refractivity contribution in [3.05, 3.63) is 138 Å². The number of allylic oxidation sites excluding steroid dienone is 1. The first-order valence-corrected chi connectivity index (χ1v) is 18.7. The van der Waals surface area contributed by atoms with Crippen LogP contribution in [0.1, 0.15) is 43.0 Å². The van der Waals surface area contributed by atoms with Gasteiger partial charge in [0, 0.05) is 16.1 Å². The van der Waals surface area contributed by atoms with Gasteiger partial charge in [-0.25, -0.2) is 0 Å². The summed E-state index contributed by atoms with van der Waals surface area (Å²) in [7, 11) is -2.95. The zero-order chi connectivity index (χ0) is 28.5.